The van der Waals surface area contributed by atoms with Gasteiger partial charge in [-0.05, 0) is 19.4 Å². The van der Waals surface area contributed by atoms with Crippen LogP contribution in [0.5, 0.6) is 0 Å². The Morgan fingerprint density at radius 1 is 1.42 bits per heavy atom. The first-order valence-electron chi connectivity index (χ1n) is 7.71. The molecule has 0 saturated heterocycles. The first-order chi connectivity index (χ1) is 11.4. The van der Waals surface area contributed by atoms with Crippen LogP contribution in [0.4, 0.5) is 5.69 Å². The molecule has 1 aromatic carbocycles. The van der Waals surface area contributed by atoms with E-state index in [1.807, 2.05) is 6.92 Å². The summed E-state index contributed by atoms with van der Waals surface area (Å²) in [6.07, 6.45) is 0.556. The van der Waals surface area contributed by atoms with E-state index in [9.17, 15) is 19.7 Å². The van der Waals surface area contributed by atoms with Gasteiger partial charge in [-0.25, -0.2) is 0 Å². The summed E-state index contributed by atoms with van der Waals surface area (Å²) in [6, 6.07) is 5.42. The van der Waals surface area contributed by atoms with Gasteiger partial charge in [0.25, 0.3) is 11.6 Å². The van der Waals surface area contributed by atoms with E-state index in [1.165, 1.54) is 36.1 Å². The predicted molar refractivity (Wildman–Crippen MR) is 86.9 cm³/mol. The number of nitro benzene ring substituents is 1. The van der Waals surface area contributed by atoms with Gasteiger partial charge >= 0.3 is 5.97 Å². The van der Waals surface area contributed by atoms with Crippen molar-refractivity contribution < 1.29 is 24.4 Å². The van der Waals surface area contributed by atoms with Gasteiger partial charge in [0.2, 0.25) is 0 Å². The number of non-ortho nitro benzene ring substituents is 1. The van der Waals surface area contributed by atoms with Crippen LogP contribution >= 0.6 is 0 Å². The van der Waals surface area contributed by atoms with Gasteiger partial charge in [-0.2, -0.15) is 0 Å². The first-order valence-corrected chi connectivity index (χ1v) is 7.71. The van der Waals surface area contributed by atoms with Crippen molar-refractivity contribution in [2.24, 2.45) is 5.92 Å². The molecule has 1 atom stereocenters. The van der Waals surface area contributed by atoms with E-state index >= 15 is 0 Å². The molecule has 0 aromatic heterocycles. The van der Waals surface area contributed by atoms with Gasteiger partial charge in [0.1, 0.15) is 0 Å². The van der Waals surface area contributed by atoms with Crippen molar-refractivity contribution in [2.45, 2.75) is 20.3 Å². The van der Waals surface area contributed by atoms with E-state index in [0.29, 0.717) is 26.2 Å². The zero-order valence-corrected chi connectivity index (χ0v) is 13.8. The van der Waals surface area contributed by atoms with Crippen molar-refractivity contribution in [1.29, 1.82) is 0 Å². The van der Waals surface area contributed by atoms with Gasteiger partial charge < -0.3 is 14.7 Å². The number of nitrogens with zero attached hydrogens (tertiary/aromatic N) is 2. The second-order valence-corrected chi connectivity index (χ2v) is 5.35. The molecular weight excluding hydrogens is 316 g/mol. The van der Waals surface area contributed by atoms with E-state index in [-0.39, 0.29) is 17.8 Å². The molecule has 0 heterocycles. The highest BCUT2D eigenvalue weighted by molar-refractivity contribution is 5.95. The molecule has 1 rings (SSSR count). The molecule has 0 radical (unpaired) electrons. The molecule has 0 aliphatic carbocycles. The molecule has 8 heteroatoms. The molecule has 8 nitrogen and oxygen atoms in total. The number of carbonyl (C=O) groups excluding carboxylic acids is 1. The van der Waals surface area contributed by atoms with Gasteiger partial charge in [0.05, 0.1) is 10.8 Å². The van der Waals surface area contributed by atoms with Crippen molar-refractivity contribution in [1.82, 2.24) is 4.90 Å². The Kier molecular flexibility index (Phi) is 7.84. The van der Waals surface area contributed by atoms with Crippen molar-refractivity contribution in [3.05, 3.63) is 39.9 Å². The van der Waals surface area contributed by atoms with Gasteiger partial charge in [0, 0.05) is 44.0 Å². The van der Waals surface area contributed by atoms with Crippen LogP contribution in [0.25, 0.3) is 0 Å². The van der Waals surface area contributed by atoms with E-state index < -0.39 is 22.7 Å². The van der Waals surface area contributed by atoms with Crippen molar-refractivity contribution in [3.63, 3.8) is 0 Å². The fourth-order valence-corrected chi connectivity index (χ4v) is 2.12. The number of carboxylic acid groups (broad SMARTS) is 1. The summed E-state index contributed by atoms with van der Waals surface area (Å²) in [5.74, 6) is -2.17. The molecule has 1 amide bonds. The smallest absolute Gasteiger partial charge is 0.308 e. The van der Waals surface area contributed by atoms with Crippen LogP contribution in [-0.2, 0) is 9.53 Å². The molecule has 0 spiro atoms. The lowest BCUT2D eigenvalue weighted by molar-refractivity contribution is -0.384. The minimum Gasteiger partial charge on any atom is -0.481 e. The van der Waals surface area contributed by atoms with E-state index in [2.05, 4.69) is 0 Å². The van der Waals surface area contributed by atoms with Crippen molar-refractivity contribution >= 4 is 17.6 Å². The van der Waals surface area contributed by atoms with Crippen LogP contribution in [0, 0.1) is 16.0 Å². The zero-order chi connectivity index (χ0) is 18.1. The Bertz CT molecular complexity index is 590. The predicted octanol–water partition coefficient (Wildman–Crippen LogP) is 2.18. The lowest BCUT2D eigenvalue weighted by Crippen LogP contribution is -2.38. The Morgan fingerprint density at radius 3 is 2.71 bits per heavy atom. The monoisotopic (exact) mass is 338 g/mol. The number of nitro groups is 1. The molecule has 0 aliphatic rings. The van der Waals surface area contributed by atoms with Gasteiger partial charge in [-0.15, -0.1) is 0 Å². The number of carbonyl (C=O) groups is 2. The summed E-state index contributed by atoms with van der Waals surface area (Å²) in [7, 11) is 0. The third-order valence-corrected chi connectivity index (χ3v) is 3.43. The number of carboxylic acids is 1. The number of ether oxygens (including phenoxy) is 1. The Hall–Kier alpha value is -2.48. The van der Waals surface area contributed by atoms with Crippen LogP contribution in [0.2, 0.25) is 0 Å². The van der Waals surface area contributed by atoms with Gasteiger partial charge in [-0.1, -0.05) is 13.0 Å². The third kappa shape index (κ3) is 5.96. The topological polar surface area (TPSA) is 110 Å². The maximum Gasteiger partial charge on any atom is 0.308 e. The normalized spacial score (nSPS) is 11.8. The summed E-state index contributed by atoms with van der Waals surface area (Å²) in [5.41, 5.74) is -0.0143. The van der Waals surface area contributed by atoms with Crippen LogP contribution in [0.3, 0.4) is 0 Å². The second-order valence-electron chi connectivity index (χ2n) is 5.35. The zero-order valence-electron chi connectivity index (χ0n) is 13.8. The average Bonchev–Trinajstić information content (AvgIpc) is 2.56. The standard InChI is InChI=1S/C16H22N2O6/c1-3-24-9-5-8-17(11-12(2)16(20)21)15(19)13-6-4-7-14(10-13)18(22)23/h4,6-7,10,12H,3,5,8-9,11H2,1-2H3,(H,20,21). The summed E-state index contributed by atoms with van der Waals surface area (Å²) in [6.45, 7) is 4.74. The highest BCUT2D eigenvalue weighted by Crippen LogP contribution is 2.16. The summed E-state index contributed by atoms with van der Waals surface area (Å²) < 4.78 is 5.23. The van der Waals surface area contributed by atoms with E-state index in [1.54, 1.807) is 0 Å². The summed E-state index contributed by atoms with van der Waals surface area (Å²) >= 11 is 0. The molecule has 1 N–H and O–H groups in total. The first kappa shape index (κ1) is 19.6. The molecule has 0 aliphatic heterocycles. The average molecular weight is 338 g/mol. The molecule has 0 saturated carbocycles. The Morgan fingerprint density at radius 2 is 2.12 bits per heavy atom. The fraction of sp³-hybridized carbons (Fsp3) is 0.500. The molecule has 132 valence electrons. The summed E-state index contributed by atoms with van der Waals surface area (Å²) in [4.78, 5) is 35.3. The molecule has 0 fully saturated rings. The SMILES string of the molecule is CCOCCCN(CC(C)C(=O)O)C(=O)c1cccc([N+](=O)[O-])c1. The summed E-state index contributed by atoms with van der Waals surface area (Å²) in [5, 5.41) is 19.9. The van der Waals surface area contributed by atoms with Crippen LogP contribution in [-0.4, -0.2) is 53.1 Å². The highest BCUT2D eigenvalue weighted by Gasteiger charge is 2.22. The number of aliphatic carboxylic acids is 1. The van der Waals surface area contributed by atoms with E-state index in [4.69, 9.17) is 9.84 Å². The maximum absolute atomic E-state index is 12.6. The Labute approximate surface area is 140 Å². The van der Waals surface area contributed by atoms with Crippen LogP contribution in [0.1, 0.15) is 30.6 Å². The van der Waals surface area contributed by atoms with E-state index in [0.717, 1.165) is 0 Å². The van der Waals surface area contributed by atoms with Gasteiger partial charge in [-0.3, -0.25) is 19.7 Å². The molecule has 0 bridgehead atoms. The quantitative estimate of drug-likeness (QED) is 0.398. The number of amides is 1. The minimum absolute atomic E-state index is 0.0307. The van der Waals surface area contributed by atoms with Crippen molar-refractivity contribution in [3.8, 4) is 0 Å². The van der Waals surface area contributed by atoms with Crippen molar-refractivity contribution in [2.75, 3.05) is 26.3 Å². The maximum atomic E-state index is 12.6. The van der Waals surface area contributed by atoms with Gasteiger partial charge in [0.15, 0.2) is 0 Å². The number of hydrogen-bond acceptors (Lipinski definition) is 5. The molecule has 24 heavy (non-hydrogen) atoms. The second kappa shape index (κ2) is 9.61. The van der Waals surface area contributed by atoms with Crippen LogP contribution < -0.4 is 0 Å². The highest BCUT2D eigenvalue weighted by atomic mass is 16.6. The molecule has 1 aromatic rings. The molecular formula is C16H22N2O6. The Balaban J connectivity index is 2.90. The molecule has 1 unspecified atom stereocenters. The minimum atomic E-state index is -1.00. The lowest BCUT2D eigenvalue weighted by atomic mass is 10.1. The van der Waals surface area contributed by atoms with Crippen LogP contribution in [0.15, 0.2) is 24.3 Å². The lowest BCUT2D eigenvalue weighted by Gasteiger charge is -2.24. The third-order valence-electron chi connectivity index (χ3n) is 3.43. The largest absolute Gasteiger partial charge is 0.481 e. The number of hydrogen-bond donors (Lipinski definition) is 1. The fourth-order valence-electron chi connectivity index (χ4n) is 2.12. The number of rotatable bonds is 10. The number of benzene rings is 1.